The van der Waals surface area contributed by atoms with Crippen LogP contribution in [0.25, 0.3) is 11.2 Å². The molecule has 1 saturated heterocycles. The average molecular weight is 266 g/mol. The first kappa shape index (κ1) is 12.1. The van der Waals surface area contributed by atoms with Gasteiger partial charge in [0.05, 0.1) is 12.9 Å². The van der Waals surface area contributed by atoms with Crippen LogP contribution in [-0.4, -0.2) is 48.0 Å². The van der Waals surface area contributed by atoms with E-state index in [1.165, 1.54) is 17.8 Å². The maximum Gasteiger partial charge on any atom is 0.224 e. The first-order valence-electron chi connectivity index (χ1n) is 5.69. The lowest BCUT2D eigenvalue weighted by Crippen LogP contribution is -2.41. The fourth-order valence-corrected chi connectivity index (χ4v) is 2.17. The van der Waals surface area contributed by atoms with Crippen molar-refractivity contribution in [3.05, 3.63) is 6.33 Å². The van der Waals surface area contributed by atoms with Crippen molar-refractivity contribution in [2.24, 2.45) is 0 Å². The molecule has 2 aromatic rings. The summed E-state index contributed by atoms with van der Waals surface area (Å²) < 4.78 is 6.88. The van der Waals surface area contributed by atoms with Gasteiger partial charge >= 0.3 is 0 Å². The fourth-order valence-electron chi connectivity index (χ4n) is 2.17. The first-order valence-corrected chi connectivity index (χ1v) is 5.69. The molecule has 0 aromatic carbocycles. The number of aromatic nitrogens is 4. The number of hydrogen-bond acceptors (Lipinski definition) is 8. The van der Waals surface area contributed by atoms with Gasteiger partial charge in [0.1, 0.15) is 17.2 Å². The number of nitrogens with two attached hydrogens (primary N) is 2. The van der Waals surface area contributed by atoms with Crippen LogP contribution < -0.4 is 11.5 Å². The minimum atomic E-state index is -1.46. The van der Waals surface area contributed by atoms with E-state index in [9.17, 15) is 10.2 Å². The predicted octanol–water partition coefficient (Wildman–Crippen LogP) is -1.37. The summed E-state index contributed by atoms with van der Waals surface area (Å²) in [6, 6.07) is 0. The number of nitrogen functional groups attached to an aromatic ring is 2. The van der Waals surface area contributed by atoms with Crippen molar-refractivity contribution in [1.82, 2.24) is 19.5 Å². The van der Waals surface area contributed by atoms with E-state index >= 15 is 0 Å². The van der Waals surface area contributed by atoms with Gasteiger partial charge in [0.25, 0.3) is 0 Å². The smallest absolute Gasteiger partial charge is 0.224 e. The van der Waals surface area contributed by atoms with Crippen LogP contribution in [0.3, 0.4) is 0 Å². The second kappa shape index (κ2) is 3.76. The molecule has 19 heavy (non-hydrogen) atoms. The SMILES string of the molecule is CC1(O)C(O)COC1n1cnc2c(N)nc(N)nc21. The van der Waals surface area contributed by atoms with Crippen molar-refractivity contribution >= 4 is 22.9 Å². The maximum absolute atomic E-state index is 10.3. The van der Waals surface area contributed by atoms with Crippen molar-refractivity contribution in [3.63, 3.8) is 0 Å². The molecule has 3 rings (SSSR count). The standard InChI is InChI=1S/C10H14N6O3/c1-10(18)4(17)2-19-8(10)16-3-13-5-6(11)14-9(12)15-7(5)16/h3-4,8,17-18H,2H2,1H3,(H4,11,12,14,15). The third-order valence-electron chi connectivity index (χ3n) is 3.30. The Balaban J connectivity index is 2.17. The van der Waals surface area contributed by atoms with Gasteiger partial charge in [0.2, 0.25) is 5.95 Å². The molecule has 0 bridgehead atoms. The Bertz CT molecular complexity index is 639. The molecule has 3 heterocycles. The van der Waals surface area contributed by atoms with Gasteiger partial charge in [-0.1, -0.05) is 0 Å². The van der Waals surface area contributed by atoms with Crippen LogP contribution in [0, 0.1) is 0 Å². The first-order chi connectivity index (χ1) is 8.91. The van der Waals surface area contributed by atoms with Gasteiger partial charge in [-0.3, -0.25) is 4.57 Å². The minimum absolute atomic E-state index is 0.00457. The van der Waals surface area contributed by atoms with Crippen LogP contribution in [0.2, 0.25) is 0 Å². The molecule has 0 aliphatic carbocycles. The zero-order valence-corrected chi connectivity index (χ0v) is 10.2. The summed E-state index contributed by atoms with van der Waals surface area (Å²) in [5.41, 5.74) is 10.5. The molecule has 102 valence electrons. The van der Waals surface area contributed by atoms with Crippen LogP contribution in [0.1, 0.15) is 13.2 Å². The molecule has 1 aliphatic rings. The molecule has 3 atom stereocenters. The highest BCUT2D eigenvalue weighted by Crippen LogP contribution is 2.36. The van der Waals surface area contributed by atoms with Gasteiger partial charge in [0, 0.05) is 0 Å². The highest BCUT2D eigenvalue weighted by atomic mass is 16.5. The van der Waals surface area contributed by atoms with Gasteiger partial charge in [-0.15, -0.1) is 0 Å². The molecule has 1 fully saturated rings. The Morgan fingerprint density at radius 3 is 2.84 bits per heavy atom. The highest BCUT2D eigenvalue weighted by Gasteiger charge is 2.47. The molecule has 0 radical (unpaired) electrons. The summed E-state index contributed by atoms with van der Waals surface area (Å²) >= 11 is 0. The van der Waals surface area contributed by atoms with E-state index in [1.807, 2.05) is 0 Å². The van der Waals surface area contributed by atoms with Gasteiger partial charge in [-0.2, -0.15) is 9.97 Å². The summed E-state index contributed by atoms with van der Waals surface area (Å²) in [6.07, 6.45) is -0.389. The minimum Gasteiger partial charge on any atom is -0.388 e. The van der Waals surface area contributed by atoms with Crippen molar-refractivity contribution in [2.75, 3.05) is 18.1 Å². The van der Waals surface area contributed by atoms with E-state index < -0.39 is 17.9 Å². The fraction of sp³-hybridized carbons (Fsp3) is 0.500. The molecule has 9 heteroatoms. The Morgan fingerprint density at radius 2 is 2.21 bits per heavy atom. The lowest BCUT2D eigenvalue weighted by atomic mass is 10.0. The Hall–Kier alpha value is -1.97. The molecule has 0 saturated carbocycles. The van der Waals surface area contributed by atoms with Crippen molar-refractivity contribution < 1.29 is 14.9 Å². The Morgan fingerprint density at radius 1 is 1.47 bits per heavy atom. The maximum atomic E-state index is 10.3. The summed E-state index contributed by atoms with van der Waals surface area (Å²) in [5, 5.41) is 20.0. The van der Waals surface area contributed by atoms with Crippen molar-refractivity contribution in [3.8, 4) is 0 Å². The summed E-state index contributed by atoms with van der Waals surface area (Å²) in [5.74, 6) is 0.157. The molecule has 6 N–H and O–H groups in total. The third kappa shape index (κ3) is 1.63. The van der Waals surface area contributed by atoms with E-state index in [4.69, 9.17) is 16.2 Å². The monoisotopic (exact) mass is 266 g/mol. The van der Waals surface area contributed by atoms with Crippen molar-refractivity contribution in [1.29, 1.82) is 0 Å². The second-order valence-corrected chi connectivity index (χ2v) is 4.72. The Kier molecular flexibility index (Phi) is 2.39. The molecule has 3 unspecified atom stereocenters. The highest BCUT2D eigenvalue weighted by molar-refractivity contribution is 5.82. The number of fused-ring (bicyclic) bond motifs is 1. The number of aliphatic hydroxyl groups is 2. The summed E-state index contributed by atoms with van der Waals surface area (Å²) in [7, 11) is 0. The van der Waals surface area contributed by atoms with Gasteiger partial charge < -0.3 is 26.4 Å². The molecule has 9 nitrogen and oxygen atoms in total. The van der Waals surface area contributed by atoms with Gasteiger partial charge in [-0.05, 0) is 6.92 Å². The number of aliphatic hydroxyl groups excluding tert-OH is 1. The normalized spacial score (nSPS) is 31.1. The third-order valence-corrected chi connectivity index (χ3v) is 3.30. The van der Waals surface area contributed by atoms with Crippen LogP contribution in [0.5, 0.6) is 0 Å². The van der Waals surface area contributed by atoms with E-state index in [-0.39, 0.29) is 18.4 Å². The molecular formula is C10H14N6O3. The number of anilines is 2. The summed E-state index contributed by atoms with van der Waals surface area (Å²) in [4.78, 5) is 11.9. The molecule has 2 aromatic heterocycles. The van der Waals surface area contributed by atoms with E-state index in [2.05, 4.69) is 15.0 Å². The van der Waals surface area contributed by atoms with Crippen LogP contribution in [0.15, 0.2) is 6.33 Å². The number of imidazole rings is 1. The predicted molar refractivity (Wildman–Crippen MR) is 65.8 cm³/mol. The second-order valence-electron chi connectivity index (χ2n) is 4.72. The largest absolute Gasteiger partial charge is 0.388 e. The van der Waals surface area contributed by atoms with E-state index in [1.54, 1.807) is 0 Å². The topological polar surface area (TPSA) is 145 Å². The van der Waals surface area contributed by atoms with Crippen LogP contribution in [-0.2, 0) is 4.74 Å². The van der Waals surface area contributed by atoms with E-state index in [0.29, 0.717) is 11.2 Å². The zero-order chi connectivity index (χ0) is 13.8. The van der Waals surface area contributed by atoms with Gasteiger partial charge in [-0.25, -0.2) is 4.98 Å². The van der Waals surface area contributed by atoms with Crippen LogP contribution >= 0.6 is 0 Å². The zero-order valence-electron chi connectivity index (χ0n) is 10.2. The quantitative estimate of drug-likeness (QED) is 0.494. The molecule has 0 amide bonds. The molecule has 0 spiro atoms. The van der Waals surface area contributed by atoms with E-state index in [0.717, 1.165) is 0 Å². The number of ether oxygens (including phenoxy) is 1. The Labute approximate surface area is 107 Å². The van der Waals surface area contributed by atoms with Crippen LogP contribution in [0.4, 0.5) is 11.8 Å². The number of hydrogen-bond donors (Lipinski definition) is 4. The summed E-state index contributed by atoms with van der Waals surface area (Å²) in [6.45, 7) is 1.50. The number of nitrogens with zero attached hydrogens (tertiary/aromatic N) is 4. The average Bonchev–Trinajstić information content (AvgIpc) is 2.82. The molecule has 1 aliphatic heterocycles. The lowest BCUT2D eigenvalue weighted by molar-refractivity contribution is -0.0924. The van der Waals surface area contributed by atoms with Crippen molar-refractivity contribution in [2.45, 2.75) is 24.9 Å². The lowest BCUT2D eigenvalue weighted by Gasteiger charge is -2.27. The molecular weight excluding hydrogens is 252 g/mol. The number of rotatable bonds is 1. The van der Waals surface area contributed by atoms with Gasteiger partial charge in [0.15, 0.2) is 17.7 Å².